The van der Waals surface area contributed by atoms with Gasteiger partial charge in [0.15, 0.2) is 5.82 Å². The molecule has 0 spiro atoms. The third-order valence-electron chi connectivity index (χ3n) is 19.5. The summed E-state index contributed by atoms with van der Waals surface area (Å²) in [5, 5.41) is 39.7. The maximum Gasteiger partial charge on any atom is 0.303 e. The van der Waals surface area contributed by atoms with Gasteiger partial charge >= 0.3 is 5.97 Å². The van der Waals surface area contributed by atoms with Gasteiger partial charge in [-0.05, 0) is 92.8 Å². The van der Waals surface area contributed by atoms with Gasteiger partial charge in [-0.2, -0.15) is 0 Å². The number of nitrogens with two attached hydrogens (primary N) is 3. The first-order chi connectivity index (χ1) is 53.1. The van der Waals surface area contributed by atoms with Crippen molar-refractivity contribution in [3.8, 4) is 22.5 Å². The van der Waals surface area contributed by atoms with Crippen LogP contribution in [0.15, 0.2) is 134 Å². The van der Waals surface area contributed by atoms with E-state index in [1.165, 1.54) is 6.92 Å². The van der Waals surface area contributed by atoms with Crippen LogP contribution in [-0.4, -0.2) is 153 Å². The van der Waals surface area contributed by atoms with Crippen LogP contribution in [0.4, 0.5) is 11.5 Å². The zero-order valence-electron chi connectivity index (χ0n) is 61.2. The Morgan fingerprint density at radius 2 is 1.18 bits per heavy atom. The van der Waals surface area contributed by atoms with Crippen molar-refractivity contribution in [3.05, 3.63) is 156 Å². The maximum atomic E-state index is 15.1. The standard InChI is InChI=1S/C79H91N19O12/c1-3-4-29-64-93-71-72(53-23-9-13-27-57(53)90-74(71)81)96(64)38-18-16-37-83-65(100)33-31-59(78(109)92-61(41-49-43-85-56-26-12-8-21-51(49)56)79(110)87-46(2)76(107)91-60(77(108)86-44-63(80)99)40-48-42-84-55-25-11-7-20-50(48)55)89-67(102)34-35-68(103)97-45-47-19-5-6-22-52(47)73-70(54-24-10-14-28-62(54)97)94-95-98(73)39-17-15-30-66(101)88-58(75(82)106)32-36-69(104)105/h5-14,19-28,42-43,46,58-61,84-85H,3-4,15-18,29-41,44-45H2,1-2H3,(H2,80,99)(H2,81,90)(H2,82,106)(H,83,100)(H,86,108)(H,87,110)(H,88,101)(H,89,102)(H,91,107)(H,92,109)(H,104,105). The van der Waals surface area contributed by atoms with E-state index in [1.54, 1.807) is 40.2 Å². The molecule has 5 unspecified atom stereocenters. The summed E-state index contributed by atoms with van der Waals surface area (Å²) in [6, 6.07) is 30.4. The molecule has 1 aliphatic heterocycles. The summed E-state index contributed by atoms with van der Waals surface area (Å²) in [5.41, 5.74) is 25.9. The Balaban J connectivity index is 0.802. The summed E-state index contributed by atoms with van der Waals surface area (Å²) in [5.74, 6) is -6.81. The molecule has 110 heavy (non-hydrogen) atoms. The largest absolute Gasteiger partial charge is 0.481 e. The van der Waals surface area contributed by atoms with Crippen molar-refractivity contribution in [2.75, 3.05) is 23.7 Å². The Hall–Kier alpha value is -12.8. The summed E-state index contributed by atoms with van der Waals surface area (Å²) in [6.07, 6.45) is 6.06. The van der Waals surface area contributed by atoms with E-state index in [0.29, 0.717) is 83.9 Å². The molecule has 10 amide bonds. The van der Waals surface area contributed by atoms with Crippen LogP contribution in [0.3, 0.4) is 0 Å². The Morgan fingerprint density at radius 3 is 1.88 bits per heavy atom. The first kappa shape index (κ1) is 78.2. The number of H-pyrrole nitrogens is 2. The Bertz CT molecular complexity index is 5080. The Morgan fingerprint density at radius 1 is 0.573 bits per heavy atom. The molecule has 0 bridgehead atoms. The third kappa shape index (κ3) is 19.5. The zero-order valence-corrected chi connectivity index (χ0v) is 61.2. The predicted octanol–water partition coefficient (Wildman–Crippen LogP) is 5.45. The minimum atomic E-state index is -1.48. The second kappa shape index (κ2) is 36.6. The molecule has 31 nitrogen and oxygen atoms in total. The van der Waals surface area contributed by atoms with E-state index in [9.17, 15) is 47.9 Å². The van der Waals surface area contributed by atoms with Gasteiger partial charge in [0.05, 0.1) is 35.5 Å². The van der Waals surface area contributed by atoms with Crippen LogP contribution >= 0.6 is 0 Å². The number of hydrogen-bond donors (Lipinski definition) is 13. The average Bonchev–Trinajstić information content (AvgIpc) is 1.53. The molecule has 5 atom stereocenters. The number of amides is 10. The topological polar surface area (TPSA) is 467 Å². The van der Waals surface area contributed by atoms with Crippen molar-refractivity contribution in [2.45, 2.75) is 166 Å². The molecule has 5 aromatic heterocycles. The number of nitrogen functional groups attached to an aromatic ring is 1. The van der Waals surface area contributed by atoms with Gasteiger partial charge in [0.25, 0.3) is 0 Å². The molecule has 574 valence electrons. The number of aromatic nitrogens is 8. The van der Waals surface area contributed by atoms with Crippen LogP contribution in [0, 0.1) is 0 Å². The number of aromatic amines is 2. The molecule has 0 aliphatic carbocycles. The summed E-state index contributed by atoms with van der Waals surface area (Å²) in [7, 11) is 0. The van der Waals surface area contributed by atoms with Gasteiger partial charge in [-0.3, -0.25) is 52.7 Å². The van der Waals surface area contributed by atoms with Gasteiger partial charge in [0.2, 0.25) is 59.1 Å². The lowest BCUT2D eigenvalue weighted by molar-refractivity contribution is -0.138. The number of para-hydroxylation sites is 4. The Kier molecular flexibility index (Phi) is 26.1. The molecule has 1 aliphatic rings. The number of anilines is 2. The number of aryl methyl sites for hydroxylation is 3. The molecule has 0 fully saturated rings. The number of carbonyl (C=O) groups is 11. The number of fused-ring (bicyclic) bond motifs is 10. The van der Waals surface area contributed by atoms with Crippen molar-refractivity contribution in [2.24, 2.45) is 11.5 Å². The molecular formula is C79H91N19O12. The van der Waals surface area contributed by atoms with Crippen LogP contribution in [0.25, 0.3) is 66.3 Å². The molecule has 0 radical (unpaired) electrons. The SMILES string of the molecule is CCCCc1nc2c(N)nc3ccccc3c2n1CCCCNC(=O)CCC(NC(=O)CCC(=O)N1Cc2ccccc2-c2c(nnn2CCCCC(=O)NC(CCC(=O)O)C(N)=O)-c2ccccc21)C(=O)NC(Cc1c[nH]c2ccccc12)C(=O)NC(C)C(=O)NC(Cc1c[nH]c2ccccc12)C(=O)NCC(N)=O. The van der Waals surface area contributed by atoms with Gasteiger partial charge in [0, 0.05) is 122 Å². The molecule has 11 rings (SSSR count). The maximum absolute atomic E-state index is 15.1. The molecule has 6 heterocycles. The highest BCUT2D eigenvalue weighted by Crippen LogP contribution is 2.42. The number of imidazole rings is 1. The van der Waals surface area contributed by atoms with Crippen molar-refractivity contribution in [3.63, 3.8) is 0 Å². The lowest BCUT2D eigenvalue weighted by Gasteiger charge is -2.28. The number of carboxylic acids is 1. The molecule has 31 heteroatoms. The number of primary amides is 2. The summed E-state index contributed by atoms with van der Waals surface area (Å²) < 4.78 is 3.92. The minimum Gasteiger partial charge on any atom is -0.481 e. The number of nitrogens with zero attached hydrogens (tertiary/aromatic N) is 7. The molecule has 0 saturated carbocycles. The van der Waals surface area contributed by atoms with Crippen LogP contribution in [0.1, 0.15) is 120 Å². The summed E-state index contributed by atoms with van der Waals surface area (Å²) in [6.45, 7) is 4.21. The van der Waals surface area contributed by atoms with Gasteiger partial charge in [-0.15, -0.1) is 5.10 Å². The molecule has 10 aromatic rings. The second-order valence-corrected chi connectivity index (χ2v) is 27.5. The number of carbonyl (C=O) groups excluding carboxylic acids is 10. The first-order valence-corrected chi connectivity index (χ1v) is 37.0. The van der Waals surface area contributed by atoms with Crippen molar-refractivity contribution in [1.82, 2.24) is 76.7 Å². The number of unbranched alkanes of at least 4 members (excludes halogenated alkanes) is 3. The number of carboxylic acid groups (broad SMARTS) is 1. The minimum absolute atomic E-state index is 0.0216. The number of aliphatic carboxylic acids is 1. The van der Waals surface area contributed by atoms with E-state index in [0.717, 1.165) is 74.4 Å². The lowest BCUT2D eigenvalue weighted by Crippen LogP contribution is -2.58. The highest BCUT2D eigenvalue weighted by Gasteiger charge is 2.34. The fraction of sp³-hybridized carbons (Fsp3) is 0.354. The van der Waals surface area contributed by atoms with Crippen LogP contribution in [-0.2, 0) is 91.6 Å². The van der Waals surface area contributed by atoms with E-state index in [1.807, 2.05) is 103 Å². The fourth-order valence-corrected chi connectivity index (χ4v) is 13.8. The second-order valence-electron chi connectivity index (χ2n) is 27.5. The van der Waals surface area contributed by atoms with Crippen LogP contribution in [0.5, 0.6) is 0 Å². The molecular weight excluding hydrogens is 1410 g/mol. The van der Waals surface area contributed by atoms with Gasteiger partial charge in [0.1, 0.15) is 47.2 Å². The highest BCUT2D eigenvalue weighted by atomic mass is 16.4. The van der Waals surface area contributed by atoms with E-state index in [2.05, 4.69) is 74.0 Å². The number of hydrogen-bond acceptors (Lipinski definition) is 16. The molecule has 0 saturated heterocycles. The monoisotopic (exact) mass is 1500 g/mol. The summed E-state index contributed by atoms with van der Waals surface area (Å²) in [4.78, 5) is 167. The predicted molar refractivity (Wildman–Crippen MR) is 412 cm³/mol. The van der Waals surface area contributed by atoms with Gasteiger partial charge in [-0.25, -0.2) is 14.6 Å². The van der Waals surface area contributed by atoms with Gasteiger partial charge < -0.3 is 79.0 Å². The third-order valence-corrected chi connectivity index (χ3v) is 19.5. The zero-order chi connectivity index (χ0) is 78.0. The number of rotatable bonds is 38. The number of pyridine rings is 1. The van der Waals surface area contributed by atoms with E-state index >= 15 is 4.79 Å². The van der Waals surface area contributed by atoms with Crippen molar-refractivity contribution < 1.29 is 57.8 Å². The van der Waals surface area contributed by atoms with E-state index in [-0.39, 0.29) is 64.5 Å². The van der Waals surface area contributed by atoms with Crippen LogP contribution in [0.2, 0.25) is 0 Å². The van der Waals surface area contributed by atoms with Gasteiger partial charge in [-0.1, -0.05) is 116 Å². The van der Waals surface area contributed by atoms with E-state index < -0.39 is 108 Å². The summed E-state index contributed by atoms with van der Waals surface area (Å²) >= 11 is 0. The number of benzene rings is 5. The average molecular weight is 1500 g/mol. The normalized spacial score (nSPS) is 13.1. The smallest absolute Gasteiger partial charge is 0.303 e. The highest BCUT2D eigenvalue weighted by molar-refractivity contribution is 6.07. The first-order valence-electron chi connectivity index (χ1n) is 37.0. The van der Waals surface area contributed by atoms with Crippen molar-refractivity contribution in [1.29, 1.82) is 0 Å². The Labute approximate surface area is 632 Å². The lowest BCUT2D eigenvalue weighted by atomic mass is 9.95. The molecule has 16 N–H and O–H groups in total. The van der Waals surface area contributed by atoms with Crippen molar-refractivity contribution >= 4 is 120 Å². The van der Waals surface area contributed by atoms with Crippen LogP contribution < -0.4 is 59.3 Å². The van der Waals surface area contributed by atoms with E-state index in [4.69, 9.17) is 27.3 Å². The fourth-order valence-electron chi connectivity index (χ4n) is 13.8. The number of nitrogens with one attached hydrogen (secondary N) is 9. The quantitative estimate of drug-likeness (QED) is 0.0214. The molecule has 5 aromatic carbocycles.